The zero-order valence-electron chi connectivity index (χ0n) is 11.0. The second kappa shape index (κ2) is 5.89. The highest BCUT2D eigenvalue weighted by atomic mass is 35.5. The summed E-state index contributed by atoms with van der Waals surface area (Å²) in [6, 6.07) is 15.2. The molecule has 2 rings (SSSR count). The van der Waals surface area contributed by atoms with Crippen LogP contribution in [0.3, 0.4) is 0 Å². The predicted octanol–water partition coefficient (Wildman–Crippen LogP) is 4.14. The average Bonchev–Trinajstić information content (AvgIpc) is 2.39. The first kappa shape index (κ1) is 13.6. The quantitative estimate of drug-likeness (QED) is 0.895. The van der Waals surface area contributed by atoms with Crippen LogP contribution in [-0.4, -0.2) is 5.91 Å². The summed E-state index contributed by atoms with van der Waals surface area (Å²) >= 11 is 6.09. The summed E-state index contributed by atoms with van der Waals surface area (Å²) in [5.74, 6) is -0.152. The third kappa shape index (κ3) is 3.36. The molecule has 0 fully saturated rings. The highest BCUT2D eigenvalue weighted by Crippen LogP contribution is 2.19. The first-order valence-corrected chi connectivity index (χ1v) is 6.57. The number of hydrogen-bond donors (Lipinski definition) is 1. The van der Waals surface area contributed by atoms with Gasteiger partial charge in [-0.05, 0) is 37.1 Å². The molecule has 0 aliphatic rings. The van der Waals surface area contributed by atoms with Gasteiger partial charge in [-0.2, -0.15) is 0 Å². The van der Waals surface area contributed by atoms with E-state index in [0.29, 0.717) is 10.6 Å². The molecule has 98 valence electrons. The number of halogens is 1. The highest BCUT2D eigenvalue weighted by molar-refractivity contribution is 6.33. The molecule has 0 spiro atoms. The average molecular weight is 274 g/mol. The largest absolute Gasteiger partial charge is 0.345 e. The molecule has 2 nitrogen and oxygen atoms in total. The Morgan fingerprint density at radius 3 is 2.47 bits per heavy atom. The number of aryl methyl sites for hydroxylation is 1. The van der Waals surface area contributed by atoms with E-state index < -0.39 is 0 Å². The Bertz CT molecular complexity index is 581. The zero-order valence-corrected chi connectivity index (χ0v) is 11.7. The number of nitrogens with one attached hydrogen (secondary N) is 1. The van der Waals surface area contributed by atoms with Gasteiger partial charge < -0.3 is 5.32 Å². The second-order valence-electron chi connectivity index (χ2n) is 4.59. The van der Waals surface area contributed by atoms with Gasteiger partial charge in [-0.3, -0.25) is 4.79 Å². The third-order valence-electron chi connectivity index (χ3n) is 3.02. The van der Waals surface area contributed by atoms with Crippen molar-refractivity contribution in [2.45, 2.75) is 19.9 Å². The van der Waals surface area contributed by atoms with Gasteiger partial charge in [0.05, 0.1) is 16.6 Å². The van der Waals surface area contributed by atoms with Crippen LogP contribution in [0.2, 0.25) is 5.02 Å². The highest BCUT2D eigenvalue weighted by Gasteiger charge is 2.13. The van der Waals surface area contributed by atoms with Gasteiger partial charge in [-0.1, -0.05) is 48.0 Å². The van der Waals surface area contributed by atoms with Crippen molar-refractivity contribution < 1.29 is 4.79 Å². The van der Waals surface area contributed by atoms with E-state index in [-0.39, 0.29) is 11.9 Å². The lowest BCUT2D eigenvalue weighted by Crippen LogP contribution is -2.26. The Labute approximate surface area is 118 Å². The van der Waals surface area contributed by atoms with Gasteiger partial charge in [0.25, 0.3) is 5.91 Å². The van der Waals surface area contributed by atoms with Gasteiger partial charge >= 0.3 is 0 Å². The summed E-state index contributed by atoms with van der Waals surface area (Å²) in [5.41, 5.74) is 2.62. The molecule has 0 heterocycles. The molecular formula is C16H16ClNO. The van der Waals surface area contributed by atoms with E-state index in [1.807, 2.05) is 50.2 Å². The first-order chi connectivity index (χ1) is 9.08. The Morgan fingerprint density at radius 1 is 1.16 bits per heavy atom. The standard InChI is InChI=1S/C16H16ClNO/c1-11-8-9-14(15(17)10-11)16(19)18-12(2)13-6-4-3-5-7-13/h3-10,12H,1-2H3,(H,18,19)/t12-/m1/s1. The normalized spacial score (nSPS) is 11.9. The van der Waals surface area contributed by atoms with E-state index in [2.05, 4.69) is 5.32 Å². The molecule has 2 aromatic rings. The second-order valence-corrected chi connectivity index (χ2v) is 5.00. The van der Waals surface area contributed by atoms with Crippen LogP contribution in [0.1, 0.15) is 34.5 Å². The molecule has 0 radical (unpaired) electrons. The molecule has 1 atom stereocenters. The van der Waals surface area contributed by atoms with E-state index in [0.717, 1.165) is 11.1 Å². The molecule has 0 unspecified atom stereocenters. The van der Waals surface area contributed by atoms with Crippen molar-refractivity contribution in [2.24, 2.45) is 0 Å². The molecular weight excluding hydrogens is 258 g/mol. The van der Waals surface area contributed by atoms with Crippen molar-refractivity contribution in [3.8, 4) is 0 Å². The van der Waals surface area contributed by atoms with Gasteiger partial charge in [0, 0.05) is 0 Å². The lowest BCUT2D eigenvalue weighted by Gasteiger charge is -2.15. The van der Waals surface area contributed by atoms with Crippen molar-refractivity contribution in [3.63, 3.8) is 0 Å². The van der Waals surface area contributed by atoms with Crippen LogP contribution in [0.5, 0.6) is 0 Å². The molecule has 0 bridgehead atoms. The summed E-state index contributed by atoms with van der Waals surface area (Å²) in [6.45, 7) is 3.90. The van der Waals surface area contributed by atoms with Crippen molar-refractivity contribution in [1.29, 1.82) is 0 Å². The van der Waals surface area contributed by atoms with Crippen LogP contribution < -0.4 is 5.32 Å². The van der Waals surface area contributed by atoms with Crippen LogP contribution in [0, 0.1) is 6.92 Å². The fraction of sp³-hybridized carbons (Fsp3) is 0.188. The lowest BCUT2D eigenvalue weighted by molar-refractivity contribution is 0.0940. The third-order valence-corrected chi connectivity index (χ3v) is 3.33. The molecule has 0 aliphatic carbocycles. The maximum absolute atomic E-state index is 12.2. The molecule has 19 heavy (non-hydrogen) atoms. The van der Waals surface area contributed by atoms with Gasteiger partial charge in [-0.15, -0.1) is 0 Å². The first-order valence-electron chi connectivity index (χ1n) is 6.20. The van der Waals surface area contributed by atoms with Crippen LogP contribution in [0.15, 0.2) is 48.5 Å². The van der Waals surface area contributed by atoms with E-state index in [1.54, 1.807) is 12.1 Å². The molecule has 0 saturated carbocycles. The summed E-state index contributed by atoms with van der Waals surface area (Å²) in [6.07, 6.45) is 0. The summed E-state index contributed by atoms with van der Waals surface area (Å²) in [7, 11) is 0. The minimum Gasteiger partial charge on any atom is -0.345 e. The van der Waals surface area contributed by atoms with Gasteiger partial charge in [0.2, 0.25) is 0 Å². The van der Waals surface area contributed by atoms with Crippen LogP contribution in [-0.2, 0) is 0 Å². The van der Waals surface area contributed by atoms with Crippen LogP contribution >= 0.6 is 11.6 Å². The smallest absolute Gasteiger partial charge is 0.253 e. The number of amides is 1. The molecule has 1 N–H and O–H groups in total. The molecule has 0 aromatic heterocycles. The molecule has 3 heteroatoms. The minimum absolute atomic E-state index is 0.0499. The molecule has 0 aliphatic heterocycles. The SMILES string of the molecule is Cc1ccc(C(=O)N[C@H](C)c2ccccc2)c(Cl)c1. The zero-order chi connectivity index (χ0) is 13.8. The topological polar surface area (TPSA) is 29.1 Å². The summed E-state index contributed by atoms with van der Waals surface area (Å²) in [5, 5.41) is 3.43. The Hall–Kier alpha value is -1.80. The van der Waals surface area contributed by atoms with E-state index in [4.69, 9.17) is 11.6 Å². The monoisotopic (exact) mass is 273 g/mol. The Kier molecular flexibility index (Phi) is 4.23. The maximum atomic E-state index is 12.2. The van der Waals surface area contributed by atoms with Crippen LogP contribution in [0.4, 0.5) is 0 Å². The van der Waals surface area contributed by atoms with Crippen molar-refractivity contribution >= 4 is 17.5 Å². The fourth-order valence-electron chi connectivity index (χ4n) is 1.90. The number of benzene rings is 2. The van der Waals surface area contributed by atoms with Crippen molar-refractivity contribution in [2.75, 3.05) is 0 Å². The number of hydrogen-bond acceptors (Lipinski definition) is 1. The van der Waals surface area contributed by atoms with E-state index in [9.17, 15) is 4.79 Å². The fourth-order valence-corrected chi connectivity index (χ4v) is 2.22. The van der Waals surface area contributed by atoms with Gasteiger partial charge in [-0.25, -0.2) is 0 Å². The maximum Gasteiger partial charge on any atom is 0.253 e. The Balaban J connectivity index is 2.13. The minimum atomic E-state index is -0.152. The summed E-state index contributed by atoms with van der Waals surface area (Å²) < 4.78 is 0. The molecule has 2 aromatic carbocycles. The van der Waals surface area contributed by atoms with Crippen molar-refractivity contribution in [3.05, 3.63) is 70.2 Å². The number of carbonyl (C=O) groups is 1. The predicted molar refractivity (Wildman–Crippen MR) is 78.5 cm³/mol. The van der Waals surface area contributed by atoms with Gasteiger partial charge in [0.1, 0.15) is 0 Å². The van der Waals surface area contributed by atoms with Crippen molar-refractivity contribution in [1.82, 2.24) is 5.32 Å². The number of rotatable bonds is 3. The van der Waals surface area contributed by atoms with E-state index in [1.165, 1.54) is 0 Å². The van der Waals surface area contributed by atoms with E-state index >= 15 is 0 Å². The number of carbonyl (C=O) groups excluding carboxylic acids is 1. The summed E-state index contributed by atoms with van der Waals surface area (Å²) in [4.78, 5) is 12.2. The Morgan fingerprint density at radius 2 is 1.84 bits per heavy atom. The van der Waals surface area contributed by atoms with Crippen LogP contribution in [0.25, 0.3) is 0 Å². The molecule has 1 amide bonds. The van der Waals surface area contributed by atoms with Gasteiger partial charge in [0.15, 0.2) is 0 Å². The lowest BCUT2D eigenvalue weighted by atomic mass is 10.1. The molecule has 0 saturated heterocycles.